The van der Waals surface area contributed by atoms with Crippen LogP contribution in [0, 0.1) is 0 Å². The monoisotopic (exact) mass is 275 g/mol. The Balaban J connectivity index is 2.35. The summed E-state index contributed by atoms with van der Waals surface area (Å²) in [6.07, 6.45) is 1.39. The molecule has 0 aliphatic carbocycles. The van der Waals surface area contributed by atoms with Crippen molar-refractivity contribution in [3.8, 4) is 0 Å². The number of hydrogen-bond donors (Lipinski definition) is 1. The van der Waals surface area contributed by atoms with E-state index in [-0.39, 0.29) is 0 Å². The van der Waals surface area contributed by atoms with Gasteiger partial charge >= 0.3 is 5.97 Å². The SMILES string of the molecule is CCc1oc2ccccc2c1CN(C)C(CC)C(=O)O. The van der Waals surface area contributed by atoms with Crippen molar-refractivity contribution in [3.05, 3.63) is 35.6 Å². The lowest BCUT2D eigenvalue weighted by Crippen LogP contribution is -2.37. The molecule has 20 heavy (non-hydrogen) atoms. The van der Waals surface area contributed by atoms with Crippen LogP contribution in [0.4, 0.5) is 0 Å². The average molecular weight is 275 g/mol. The van der Waals surface area contributed by atoms with Gasteiger partial charge in [-0.2, -0.15) is 0 Å². The van der Waals surface area contributed by atoms with E-state index in [4.69, 9.17) is 4.42 Å². The molecule has 1 unspecified atom stereocenters. The summed E-state index contributed by atoms with van der Waals surface area (Å²) >= 11 is 0. The Kier molecular flexibility index (Phi) is 4.45. The number of aliphatic carboxylic acids is 1. The fourth-order valence-electron chi connectivity index (χ4n) is 2.64. The van der Waals surface area contributed by atoms with Crippen molar-refractivity contribution in [1.82, 2.24) is 4.90 Å². The summed E-state index contributed by atoms with van der Waals surface area (Å²) in [6, 6.07) is 7.45. The smallest absolute Gasteiger partial charge is 0.320 e. The van der Waals surface area contributed by atoms with Crippen molar-refractivity contribution in [2.24, 2.45) is 0 Å². The second kappa shape index (κ2) is 6.09. The Morgan fingerprint density at radius 3 is 2.65 bits per heavy atom. The molecular formula is C16H21NO3. The maximum atomic E-state index is 11.3. The van der Waals surface area contributed by atoms with Gasteiger partial charge in [0.05, 0.1) is 0 Å². The number of nitrogens with zero attached hydrogens (tertiary/aromatic N) is 1. The number of aryl methyl sites for hydroxylation is 1. The summed E-state index contributed by atoms with van der Waals surface area (Å²) in [5.74, 6) is 0.166. The first-order valence-corrected chi connectivity index (χ1v) is 7.00. The third-order valence-electron chi connectivity index (χ3n) is 3.71. The van der Waals surface area contributed by atoms with Crippen molar-refractivity contribution in [3.63, 3.8) is 0 Å². The molecule has 2 aromatic rings. The maximum absolute atomic E-state index is 11.3. The third kappa shape index (κ3) is 2.70. The van der Waals surface area contributed by atoms with Gasteiger partial charge in [0.1, 0.15) is 17.4 Å². The molecule has 108 valence electrons. The number of fused-ring (bicyclic) bond motifs is 1. The molecule has 0 aliphatic rings. The molecule has 1 atom stereocenters. The third-order valence-corrected chi connectivity index (χ3v) is 3.71. The van der Waals surface area contributed by atoms with E-state index < -0.39 is 12.0 Å². The van der Waals surface area contributed by atoms with Crippen LogP contribution in [-0.2, 0) is 17.8 Å². The van der Waals surface area contributed by atoms with Gasteiger partial charge in [-0.1, -0.05) is 32.0 Å². The van der Waals surface area contributed by atoms with Crippen LogP contribution < -0.4 is 0 Å². The lowest BCUT2D eigenvalue weighted by Gasteiger charge is -2.23. The highest BCUT2D eigenvalue weighted by Gasteiger charge is 2.23. The van der Waals surface area contributed by atoms with Crippen molar-refractivity contribution in [1.29, 1.82) is 0 Å². The Hall–Kier alpha value is -1.81. The van der Waals surface area contributed by atoms with Gasteiger partial charge in [0.2, 0.25) is 0 Å². The lowest BCUT2D eigenvalue weighted by atomic mass is 10.1. The Labute approximate surface area is 119 Å². The second-order valence-electron chi connectivity index (χ2n) is 5.03. The zero-order chi connectivity index (χ0) is 14.7. The summed E-state index contributed by atoms with van der Waals surface area (Å²) in [5.41, 5.74) is 1.97. The van der Waals surface area contributed by atoms with Crippen LogP contribution in [0.1, 0.15) is 31.6 Å². The molecule has 1 N–H and O–H groups in total. The van der Waals surface area contributed by atoms with Gasteiger partial charge in [-0.15, -0.1) is 0 Å². The molecule has 4 nitrogen and oxygen atoms in total. The minimum absolute atomic E-state index is 0.464. The number of furan rings is 1. The molecule has 0 amide bonds. The van der Waals surface area contributed by atoms with Gasteiger partial charge in [0, 0.05) is 23.9 Å². The van der Waals surface area contributed by atoms with E-state index in [0.29, 0.717) is 13.0 Å². The first kappa shape index (κ1) is 14.6. The molecule has 1 aromatic heterocycles. The molecule has 0 saturated carbocycles. The molecule has 1 aromatic carbocycles. The van der Waals surface area contributed by atoms with Gasteiger partial charge in [-0.05, 0) is 19.5 Å². The number of benzene rings is 1. The first-order valence-electron chi connectivity index (χ1n) is 7.00. The van der Waals surface area contributed by atoms with E-state index in [1.54, 1.807) is 0 Å². The first-order chi connectivity index (χ1) is 9.58. The topological polar surface area (TPSA) is 53.7 Å². The zero-order valence-corrected chi connectivity index (χ0v) is 12.2. The van der Waals surface area contributed by atoms with E-state index >= 15 is 0 Å². The molecular weight excluding hydrogens is 254 g/mol. The molecule has 4 heteroatoms. The molecule has 0 fully saturated rings. The number of carbonyl (C=O) groups is 1. The van der Waals surface area contributed by atoms with Crippen molar-refractivity contribution < 1.29 is 14.3 Å². The van der Waals surface area contributed by atoms with E-state index in [2.05, 4.69) is 6.92 Å². The average Bonchev–Trinajstić information content (AvgIpc) is 2.77. The van der Waals surface area contributed by atoms with Crippen LogP contribution >= 0.6 is 0 Å². The van der Waals surface area contributed by atoms with Gasteiger partial charge in [-0.3, -0.25) is 9.69 Å². The Bertz CT molecular complexity index is 603. The standard InChI is InChI=1S/C16H21NO3/c1-4-13(16(18)19)17(3)10-12-11-8-6-7-9-15(11)20-14(12)5-2/h6-9,13H,4-5,10H2,1-3H3,(H,18,19). The van der Waals surface area contributed by atoms with Gasteiger partial charge < -0.3 is 9.52 Å². The van der Waals surface area contributed by atoms with Crippen LogP contribution in [0.5, 0.6) is 0 Å². The van der Waals surface area contributed by atoms with Crippen LogP contribution in [0.2, 0.25) is 0 Å². The number of hydrogen-bond acceptors (Lipinski definition) is 3. The summed E-state index contributed by atoms with van der Waals surface area (Å²) in [6.45, 7) is 4.53. The highest BCUT2D eigenvalue weighted by molar-refractivity contribution is 5.82. The molecule has 0 radical (unpaired) electrons. The lowest BCUT2D eigenvalue weighted by molar-refractivity contribution is -0.143. The Morgan fingerprint density at radius 1 is 1.35 bits per heavy atom. The predicted molar refractivity (Wildman–Crippen MR) is 78.8 cm³/mol. The van der Waals surface area contributed by atoms with Crippen molar-refractivity contribution >= 4 is 16.9 Å². The number of rotatable bonds is 6. The molecule has 0 spiro atoms. The zero-order valence-electron chi connectivity index (χ0n) is 12.2. The van der Waals surface area contributed by atoms with Crippen LogP contribution in [-0.4, -0.2) is 29.1 Å². The molecule has 0 aliphatic heterocycles. The second-order valence-corrected chi connectivity index (χ2v) is 5.03. The van der Waals surface area contributed by atoms with E-state index in [9.17, 15) is 9.90 Å². The minimum Gasteiger partial charge on any atom is -0.480 e. The van der Waals surface area contributed by atoms with E-state index in [1.165, 1.54) is 0 Å². The number of carboxylic acids is 1. The Morgan fingerprint density at radius 2 is 2.05 bits per heavy atom. The van der Waals surface area contributed by atoms with Crippen LogP contribution in [0.25, 0.3) is 11.0 Å². The van der Waals surface area contributed by atoms with Gasteiger partial charge in [-0.25, -0.2) is 0 Å². The summed E-state index contributed by atoms with van der Waals surface area (Å²) in [4.78, 5) is 13.1. The normalized spacial score (nSPS) is 13.0. The van der Waals surface area contributed by atoms with Crippen LogP contribution in [0.15, 0.2) is 28.7 Å². The fourth-order valence-corrected chi connectivity index (χ4v) is 2.64. The largest absolute Gasteiger partial charge is 0.480 e. The number of carboxylic acid groups (broad SMARTS) is 1. The van der Waals surface area contributed by atoms with E-state index in [0.717, 1.165) is 28.7 Å². The number of likely N-dealkylation sites (N-methyl/N-ethyl adjacent to an activating group) is 1. The maximum Gasteiger partial charge on any atom is 0.320 e. The predicted octanol–water partition coefficient (Wildman–Crippen LogP) is 3.29. The molecule has 1 heterocycles. The highest BCUT2D eigenvalue weighted by Crippen LogP contribution is 2.27. The molecule has 0 bridgehead atoms. The minimum atomic E-state index is -0.777. The number of para-hydroxylation sites is 1. The van der Waals surface area contributed by atoms with Gasteiger partial charge in [0.25, 0.3) is 0 Å². The summed E-state index contributed by atoms with van der Waals surface area (Å²) in [7, 11) is 1.85. The quantitative estimate of drug-likeness (QED) is 0.879. The summed E-state index contributed by atoms with van der Waals surface area (Å²) in [5, 5.41) is 10.3. The van der Waals surface area contributed by atoms with Crippen LogP contribution in [0.3, 0.4) is 0 Å². The van der Waals surface area contributed by atoms with Gasteiger partial charge in [0.15, 0.2) is 0 Å². The van der Waals surface area contributed by atoms with E-state index in [1.807, 2.05) is 43.1 Å². The molecule has 0 saturated heterocycles. The van der Waals surface area contributed by atoms with Crippen molar-refractivity contribution in [2.45, 2.75) is 39.3 Å². The summed E-state index contributed by atoms with van der Waals surface area (Å²) < 4.78 is 5.85. The fraction of sp³-hybridized carbons (Fsp3) is 0.438. The van der Waals surface area contributed by atoms with Crippen molar-refractivity contribution in [2.75, 3.05) is 7.05 Å². The molecule has 2 rings (SSSR count). The highest BCUT2D eigenvalue weighted by atomic mass is 16.4.